The fourth-order valence-electron chi connectivity index (χ4n) is 2.33. The summed E-state index contributed by atoms with van der Waals surface area (Å²) in [6.45, 7) is 2.15. The summed E-state index contributed by atoms with van der Waals surface area (Å²) in [5, 5.41) is 6.34. The number of halogens is 2. The van der Waals surface area contributed by atoms with Crippen molar-refractivity contribution in [2.75, 3.05) is 5.32 Å². The van der Waals surface area contributed by atoms with Crippen LogP contribution in [0.25, 0.3) is 0 Å². The molecule has 1 amide bonds. The molecule has 0 aliphatic carbocycles. The van der Waals surface area contributed by atoms with Gasteiger partial charge in [-0.25, -0.2) is 13.5 Å². The summed E-state index contributed by atoms with van der Waals surface area (Å²) < 4.78 is 27.7. The minimum atomic E-state index is -0.897. The van der Waals surface area contributed by atoms with Crippen LogP contribution in [0.3, 0.4) is 0 Å². The molecule has 5 nitrogen and oxygen atoms in total. The number of carbonyl (C=O) groups is 1. The average molecular weight is 355 g/mol. The van der Waals surface area contributed by atoms with Crippen molar-refractivity contribution in [3.8, 4) is 0 Å². The second kappa shape index (κ2) is 7.26. The highest BCUT2D eigenvalue weighted by Gasteiger charge is 2.13. The maximum atomic E-state index is 13.7. The zero-order valence-corrected chi connectivity index (χ0v) is 13.9. The molecule has 0 bridgehead atoms. The van der Waals surface area contributed by atoms with Gasteiger partial charge in [0.25, 0.3) is 11.5 Å². The molecular formula is C19H15F2N3O2. The molecule has 1 heterocycles. The van der Waals surface area contributed by atoms with Crippen LogP contribution in [0.1, 0.15) is 21.6 Å². The number of benzene rings is 2. The normalized spacial score (nSPS) is 10.6. The molecule has 0 aliphatic heterocycles. The Morgan fingerprint density at radius 1 is 1.08 bits per heavy atom. The molecule has 2 aromatic carbocycles. The van der Waals surface area contributed by atoms with Crippen LogP contribution in [0.2, 0.25) is 0 Å². The Bertz CT molecular complexity index is 1010. The second-order valence-corrected chi connectivity index (χ2v) is 5.78. The van der Waals surface area contributed by atoms with Crippen molar-refractivity contribution < 1.29 is 13.6 Å². The van der Waals surface area contributed by atoms with Gasteiger partial charge in [0.2, 0.25) is 0 Å². The number of carbonyl (C=O) groups excluding carboxylic acids is 1. The first-order chi connectivity index (χ1) is 12.4. The molecular weight excluding hydrogens is 340 g/mol. The van der Waals surface area contributed by atoms with Gasteiger partial charge in [-0.3, -0.25) is 9.59 Å². The van der Waals surface area contributed by atoms with Crippen LogP contribution in [0.15, 0.2) is 59.4 Å². The number of rotatable bonds is 4. The summed E-state index contributed by atoms with van der Waals surface area (Å²) in [5.41, 5.74) is 1.35. The molecule has 1 N–H and O–H groups in total. The minimum Gasteiger partial charge on any atom is -0.318 e. The molecule has 3 rings (SSSR count). The summed E-state index contributed by atoms with van der Waals surface area (Å²) in [7, 11) is 0. The lowest BCUT2D eigenvalue weighted by atomic mass is 10.1. The van der Waals surface area contributed by atoms with E-state index in [9.17, 15) is 18.4 Å². The van der Waals surface area contributed by atoms with Gasteiger partial charge in [-0.1, -0.05) is 29.8 Å². The van der Waals surface area contributed by atoms with Gasteiger partial charge in [-0.2, -0.15) is 5.10 Å². The van der Waals surface area contributed by atoms with Crippen LogP contribution in [0.5, 0.6) is 0 Å². The molecule has 0 unspecified atom stereocenters. The van der Waals surface area contributed by atoms with Gasteiger partial charge in [0.15, 0.2) is 0 Å². The molecule has 26 heavy (non-hydrogen) atoms. The molecule has 0 saturated heterocycles. The lowest BCUT2D eigenvalue weighted by Gasteiger charge is -2.09. The monoisotopic (exact) mass is 355 g/mol. The van der Waals surface area contributed by atoms with E-state index in [0.29, 0.717) is 6.07 Å². The van der Waals surface area contributed by atoms with Crippen LogP contribution in [-0.2, 0) is 6.54 Å². The van der Waals surface area contributed by atoms with Crippen LogP contribution < -0.4 is 10.9 Å². The highest BCUT2D eigenvalue weighted by Crippen LogP contribution is 2.15. The summed E-state index contributed by atoms with van der Waals surface area (Å²) >= 11 is 0. The van der Waals surface area contributed by atoms with Gasteiger partial charge in [-0.05, 0) is 30.7 Å². The van der Waals surface area contributed by atoms with Gasteiger partial charge in [-0.15, -0.1) is 0 Å². The number of nitrogens with zero attached hydrogens (tertiary/aromatic N) is 2. The van der Waals surface area contributed by atoms with E-state index in [4.69, 9.17) is 0 Å². The van der Waals surface area contributed by atoms with Gasteiger partial charge in [0.1, 0.15) is 17.3 Å². The maximum absolute atomic E-state index is 13.7. The van der Waals surface area contributed by atoms with E-state index in [1.54, 1.807) is 0 Å². The molecule has 0 atom stereocenters. The first-order valence-corrected chi connectivity index (χ1v) is 7.82. The summed E-state index contributed by atoms with van der Waals surface area (Å²) in [4.78, 5) is 24.2. The first kappa shape index (κ1) is 17.5. The minimum absolute atomic E-state index is 0.0552. The van der Waals surface area contributed by atoms with E-state index in [1.165, 1.54) is 12.1 Å². The van der Waals surface area contributed by atoms with Gasteiger partial charge >= 0.3 is 0 Å². The van der Waals surface area contributed by atoms with Gasteiger partial charge in [0.05, 0.1) is 12.2 Å². The lowest BCUT2D eigenvalue weighted by Crippen LogP contribution is -2.26. The highest BCUT2D eigenvalue weighted by atomic mass is 19.1. The zero-order chi connectivity index (χ0) is 18.7. The molecule has 3 aromatic rings. The van der Waals surface area contributed by atoms with Crippen molar-refractivity contribution in [1.82, 2.24) is 9.78 Å². The van der Waals surface area contributed by atoms with E-state index in [2.05, 4.69) is 10.4 Å². The fourth-order valence-corrected chi connectivity index (χ4v) is 2.33. The molecule has 0 radical (unpaired) electrons. The van der Waals surface area contributed by atoms with Gasteiger partial charge in [0, 0.05) is 12.1 Å². The number of anilines is 1. The fraction of sp³-hybridized carbons (Fsp3) is 0.105. The number of nitrogens with one attached hydrogen (secondary N) is 1. The van der Waals surface area contributed by atoms with E-state index in [1.807, 2.05) is 31.2 Å². The quantitative estimate of drug-likeness (QED) is 0.782. The Hall–Kier alpha value is -3.35. The van der Waals surface area contributed by atoms with Crippen LogP contribution in [0.4, 0.5) is 14.5 Å². The van der Waals surface area contributed by atoms with Crippen molar-refractivity contribution in [2.24, 2.45) is 0 Å². The Kier molecular flexibility index (Phi) is 4.88. The third-order valence-electron chi connectivity index (χ3n) is 3.73. The van der Waals surface area contributed by atoms with E-state index in [0.717, 1.165) is 27.9 Å². The Labute approximate surface area is 147 Å². The number of hydrogen-bond acceptors (Lipinski definition) is 3. The summed E-state index contributed by atoms with van der Waals surface area (Å²) in [6.07, 6.45) is 0. The number of amides is 1. The predicted molar refractivity (Wildman–Crippen MR) is 93.1 cm³/mol. The van der Waals surface area contributed by atoms with Crippen LogP contribution >= 0.6 is 0 Å². The average Bonchev–Trinajstić information content (AvgIpc) is 2.61. The van der Waals surface area contributed by atoms with Crippen molar-refractivity contribution in [3.05, 3.63) is 93.4 Å². The predicted octanol–water partition coefficient (Wildman–Crippen LogP) is 3.13. The van der Waals surface area contributed by atoms with E-state index >= 15 is 0 Å². The molecule has 7 heteroatoms. The Morgan fingerprint density at radius 3 is 2.50 bits per heavy atom. The van der Waals surface area contributed by atoms with E-state index in [-0.39, 0.29) is 23.5 Å². The third-order valence-corrected chi connectivity index (χ3v) is 3.73. The largest absolute Gasteiger partial charge is 0.318 e. The third kappa shape index (κ3) is 4.00. The highest BCUT2D eigenvalue weighted by molar-refractivity contribution is 6.02. The molecule has 0 fully saturated rings. The first-order valence-electron chi connectivity index (χ1n) is 7.82. The number of aromatic nitrogens is 2. The maximum Gasteiger partial charge on any atom is 0.276 e. The molecule has 0 spiro atoms. The van der Waals surface area contributed by atoms with Crippen molar-refractivity contribution in [2.45, 2.75) is 13.5 Å². The van der Waals surface area contributed by atoms with Crippen molar-refractivity contribution in [1.29, 1.82) is 0 Å². The Morgan fingerprint density at radius 2 is 1.81 bits per heavy atom. The summed E-state index contributed by atoms with van der Waals surface area (Å²) in [5.74, 6) is -2.34. The van der Waals surface area contributed by atoms with Crippen LogP contribution in [0, 0.1) is 18.6 Å². The number of aryl methyl sites for hydroxylation is 1. The van der Waals surface area contributed by atoms with Gasteiger partial charge < -0.3 is 5.32 Å². The lowest BCUT2D eigenvalue weighted by molar-refractivity contribution is 0.101. The number of hydrogen-bond donors (Lipinski definition) is 1. The smallest absolute Gasteiger partial charge is 0.276 e. The molecule has 1 aromatic heterocycles. The second-order valence-electron chi connectivity index (χ2n) is 5.78. The SMILES string of the molecule is Cc1ccc(Cn2nc(C(=O)Nc3ccc(F)cc3F)ccc2=O)cc1. The molecule has 132 valence electrons. The zero-order valence-electron chi connectivity index (χ0n) is 13.9. The standard InChI is InChI=1S/C19H15F2N3O2/c1-12-2-4-13(5-3-12)11-24-18(25)9-8-17(23-24)19(26)22-16-7-6-14(20)10-15(16)21/h2-10H,11H2,1H3,(H,22,26). The molecule has 0 saturated carbocycles. The van der Waals surface area contributed by atoms with Crippen molar-refractivity contribution in [3.63, 3.8) is 0 Å². The van der Waals surface area contributed by atoms with Crippen molar-refractivity contribution >= 4 is 11.6 Å². The molecule has 0 aliphatic rings. The topological polar surface area (TPSA) is 64.0 Å². The van der Waals surface area contributed by atoms with E-state index < -0.39 is 17.5 Å². The summed E-state index contributed by atoms with van der Waals surface area (Å²) in [6, 6.07) is 12.8. The van der Waals surface area contributed by atoms with Crippen LogP contribution in [-0.4, -0.2) is 15.7 Å². The Balaban J connectivity index is 1.83.